The van der Waals surface area contributed by atoms with Gasteiger partial charge in [-0.3, -0.25) is 0 Å². The van der Waals surface area contributed by atoms with Gasteiger partial charge in [0, 0.05) is 13.7 Å². The van der Waals surface area contributed by atoms with Gasteiger partial charge in [0.2, 0.25) is 0 Å². The van der Waals surface area contributed by atoms with Gasteiger partial charge in [-0.05, 0) is 16.5 Å². The van der Waals surface area contributed by atoms with Gasteiger partial charge >= 0.3 is 6.03 Å². The molecule has 0 bridgehead atoms. The number of amidine groups is 1. The van der Waals surface area contributed by atoms with Gasteiger partial charge in [0.05, 0.1) is 6.61 Å². The number of rotatable bonds is 4. The van der Waals surface area contributed by atoms with E-state index in [9.17, 15) is 4.79 Å². The number of nitrogens with zero attached hydrogens (tertiary/aromatic N) is 2. The predicted molar refractivity (Wildman–Crippen MR) is 83.5 cm³/mol. The molecule has 1 aromatic rings. The summed E-state index contributed by atoms with van der Waals surface area (Å²) in [6.45, 7) is 7.45. The molecule has 114 valence electrons. The van der Waals surface area contributed by atoms with Gasteiger partial charge in [-0.1, -0.05) is 45.0 Å². The van der Waals surface area contributed by atoms with Crippen molar-refractivity contribution in [2.75, 3.05) is 20.3 Å². The third kappa shape index (κ3) is 3.24. The van der Waals surface area contributed by atoms with Gasteiger partial charge in [-0.15, -0.1) is 0 Å². The van der Waals surface area contributed by atoms with Crippen LogP contribution in [0.5, 0.6) is 0 Å². The number of hydrogen-bond acceptors (Lipinski definition) is 3. The summed E-state index contributed by atoms with van der Waals surface area (Å²) in [6, 6.07) is 7.62. The molecule has 0 saturated carbocycles. The minimum Gasteiger partial charge on any atom is -0.385 e. The molecule has 5 heteroatoms. The molecule has 2 N–H and O–H groups in total. The lowest BCUT2D eigenvalue weighted by molar-refractivity contribution is 0.150. The fourth-order valence-electron chi connectivity index (χ4n) is 2.44. The smallest absolute Gasteiger partial charge is 0.346 e. The molecule has 21 heavy (non-hydrogen) atoms. The first kappa shape index (κ1) is 15.5. The maximum Gasteiger partial charge on any atom is 0.346 e. The van der Waals surface area contributed by atoms with E-state index in [-0.39, 0.29) is 17.5 Å². The van der Waals surface area contributed by atoms with Crippen molar-refractivity contribution in [2.45, 2.75) is 32.2 Å². The highest BCUT2D eigenvalue weighted by Crippen LogP contribution is 2.29. The summed E-state index contributed by atoms with van der Waals surface area (Å²) in [5, 5.41) is 0. The highest BCUT2D eigenvalue weighted by Gasteiger charge is 2.34. The van der Waals surface area contributed by atoms with Crippen LogP contribution in [0.1, 0.15) is 37.9 Å². The van der Waals surface area contributed by atoms with Crippen LogP contribution in [0.2, 0.25) is 0 Å². The van der Waals surface area contributed by atoms with Crippen LogP contribution in [0.15, 0.2) is 29.3 Å². The number of ether oxygens (including phenoxy) is 1. The molecule has 1 atom stereocenters. The number of aliphatic imine (C=N–C) groups is 1. The largest absolute Gasteiger partial charge is 0.385 e. The van der Waals surface area contributed by atoms with Gasteiger partial charge < -0.3 is 15.4 Å². The summed E-state index contributed by atoms with van der Waals surface area (Å²) in [7, 11) is 1.61. The molecule has 5 nitrogen and oxygen atoms in total. The average Bonchev–Trinajstić information content (AvgIpc) is 2.70. The predicted octanol–water partition coefficient (Wildman–Crippen LogP) is 2.46. The fourth-order valence-corrected chi connectivity index (χ4v) is 2.44. The minimum atomic E-state index is -0.297. The highest BCUT2D eigenvalue weighted by molar-refractivity contribution is 6.03. The number of hydrogen-bond donors (Lipinski definition) is 1. The number of nitrogens with two attached hydrogens (primary N) is 1. The topological polar surface area (TPSA) is 67.9 Å². The summed E-state index contributed by atoms with van der Waals surface area (Å²) in [5.41, 5.74) is 8.25. The number of urea groups is 1. The average molecular weight is 289 g/mol. The summed E-state index contributed by atoms with van der Waals surface area (Å²) < 4.78 is 5.05. The van der Waals surface area contributed by atoms with E-state index >= 15 is 0 Å². The molecule has 1 aliphatic heterocycles. The maximum absolute atomic E-state index is 11.9. The van der Waals surface area contributed by atoms with Gasteiger partial charge in [0.1, 0.15) is 11.9 Å². The lowest BCUT2D eigenvalue weighted by atomic mass is 9.86. The SMILES string of the molecule is COCCN1C(=O)N=C(N)C1c1ccc(C(C)(C)C)cc1. The molecule has 2 rings (SSSR count). The molecular formula is C16H23N3O2. The number of carbonyl (C=O) groups is 1. The van der Waals surface area contributed by atoms with Crippen molar-refractivity contribution in [3.63, 3.8) is 0 Å². The zero-order valence-electron chi connectivity index (χ0n) is 13.1. The second-order valence-electron chi connectivity index (χ2n) is 6.28. The van der Waals surface area contributed by atoms with Crippen LogP contribution in [0, 0.1) is 0 Å². The molecule has 1 heterocycles. The van der Waals surface area contributed by atoms with Gasteiger partial charge in [-0.25, -0.2) is 4.79 Å². The Morgan fingerprint density at radius 3 is 2.43 bits per heavy atom. The van der Waals surface area contributed by atoms with Crippen molar-refractivity contribution < 1.29 is 9.53 Å². The maximum atomic E-state index is 11.9. The van der Waals surface area contributed by atoms with Crippen LogP contribution < -0.4 is 5.73 Å². The van der Waals surface area contributed by atoms with Crippen LogP contribution in [-0.4, -0.2) is 37.0 Å². The lowest BCUT2D eigenvalue weighted by Crippen LogP contribution is -2.35. The molecule has 0 aromatic heterocycles. The Morgan fingerprint density at radius 2 is 1.90 bits per heavy atom. The van der Waals surface area contributed by atoms with Crippen molar-refractivity contribution in [1.29, 1.82) is 0 Å². The van der Waals surface area contributed by atoms with E-state index in [1.807, 2.05) is 12.1 Å². The van der Waals surface area contributed by atoms with Crippen molar-refractivity contribution in [3.8, 4) is 0 Å². The molecule has 0 spiro atoms. The first-order chi connectivity index (χ1) is 9.84. The molecule has 0 aliphatic carbocycles. The van der Waals surface area contributed by atoms with Gasteiger partial charge in [0.15, 0.2) is 0 Å². The van der Waals surface area contributed by atoms with Gasteiger partial charge in [-0.2, -0.15) is 4.99 Å². The van der Waals surface area contributed by atoms with E-state index in [0.717, 1.165) is 5.56 Å². The van der Waals surface area contributed by atoms with E-state index in [2.05, 4.69) is 37.9 Å². The lowest BCUT2D eigenvalue weighted by Gasteiger charge is -2.25. The molecule has 1 aromatic carbocycles. The zero-order chi connectivity index (χ0) is 15.6. The first-order valence-electron chi connectivity index (χ1n) is 7.08. The van der Waals surface area contributed by atoms with Crippen molar-refractivity contribution in [3.05, 3.63) is 35.4 Å². The standard InChI is InChI=1S/C16H23N3O2/c1-16(2,3)12-7-5-11(6-8-12)13-14(17)18-15(20)19(13)9-10-21-4/h5-8,13H,9-10H2,1-4H3,(H2,17,18,20). The van der Waals surface area contributed by atoms with Crippen LogP contribution in [0.3, 0.4) is 0 Å². The monoisotopic (exact) mass is 289 g/mol. The highest BCUT2D eigenvalue weighted by atomic mass is 16.5. The minimum absolute atomic E-state index is 0.0966. The normalized spacial score (nSPS) is 19.0. The second kappa shape index (κ2) is 5.85. The van der Waals surface area contributed by atoms with Crippen LogP contribution in [-0.2, 0) is 10.2 Å². The molecule has 0 fully saturated rings. The number of carbonyl (C=O) groups excluding carboxylic acids is 1. The van der Waals surface area contributed by atoms with E-state index < -0.39 is 0 Å². The number of methoxy groups -OCH3 is 1. The Kier molecular flexibility index (Phi) is 4.32. The quantitative estimate of drug-likeness (QED) is 0.925. The zero-order valence-corrected chi connectivity index (χ0v) is 13.1. The number of amides is 2. The molecule has 0 radical (unpaired) electrons. The van der Waals surface area contributed by atoms with Crippen LogP contribution in [0.4, 0.5) is 4.79 Å². The Bertz CT molecular complexity index is 544. The molecule has 0 saturated heterocycles. The van der Waals surface area contributed by atoms with Crippen LogP contribution >= 0.6 is 0 Å². The van der Waals surface area contributed by atoms with E-state index in [1.165, 1.54) is 5.56 Å². The van der Waals surface area contributed by atoms with Crippen molar-refractivity contribution >= 4 is 11.9 Å². The summed E-state index contributed by atoms with van der Waals surface area (Å²) >= 11 is 0. The molecule has 1 unspecified atom stereocenters. The fraction of sp³-hybridized carbons (Fsp3) is 0.500. The Balaban J connectivity index is 2.26. The second-order valence-corrected chi connectivity index (χ2v) is 6.28. The molecular weight excluding hydrogens is 266 g/mol. The third-order valence-corrected chi connectivity index (χ3v) is 3.69. The summed E-state index contributed by atoms with van der Waals surface area (Å²) in [5.74, 6) is 0.347. The Labute approximate surface area is 125 Å². The molecule has 2 amide bonds. The van der Waals surface area contributed by atoms with Crippen molar-refractivity contribution in [1.82, 2.24) is 4.90 Å². The van der Waals surface area contributed by atoms with E-state index in [4.69, 9.17) is 10.5 Å². The summed E-state index contributed by atoms with van der Waals surface area (Å²) in [4.78, 5) is 17.4. The van der Waals surface area contributed by atoms with E-state index in [1.54, 1.807) is 12.0 Å². The number of benzene rings is 1. The van der Waals surface area contributed by atoms with Crippen molar-refractivity contribution in [2.24, 2.45) is 10.7 Å². The molecule has 1 aliphatic rings. The third-order valence-electron chi connectivity index (χ3n) is 3.69. The Morgan fingerprint density at radius 1 is 1.29 bits per heavy atom. The van der Waals surface area contributed by atoms with Gasteiger partial charge in [0.25, 0.3) is 0 Å². The summed E-state index contributed by atoms with van der Waals surface area (Å²) in [6.07, 6.45) is 0. The first-order valence-corrected chi connectivity index (χ1v) is 7.08. The van der Waals surface area contributed by atoms with Crippen LogP contribution in [0.25, 0.3) is 0 Å². The Hall–Kier alpha value is -1.88. The van der Waals surface area contributed by atoms with E-state index in [0.29, 0.717) is 19.0 Å².